The summed E-state index contributed by atoms with van der Waals surface area (Å²) < 4.78 is 47.2. The summed E-state index contributed by atoms with van der Waals surface area (Å²) in [5, 5.41) is 0.751. The first-order valence-electron chi connectivity index (χ1n) is 8.02. The lowest BCUT2D eigenvalue weighted by molar-refractivity contribution is -0.245. The molecule has 26 heavy (non-hydrogen) atoms. The first kappa shape index (κ1) is 19.2. The van der Waals surface area contributed by atoms with Crippen molar-refractivity contribution >= 4 is 29.0 Å². The minimum absolute atomic E-state index is 0.0640. The van der Waals surface area contributed by atoms with Crippen molar-refractivity contribution in [3.05, 3.63) is 69.7 Å². The van der Waals surface area contributed by atoms with Crippen LogP contribution in [0.3, 0.4) is 0 Å². The molecule has 0 unspecified atom stereocenters. The highest BCUT2D eigenvalue weighted by atomic mass is 35.5. The van der Waals surface area contributed by atoms with Gasteiger partial charge in [-0.2, -0.15) is 13.2 Å². The highest BCUT2D eigenvalue weighted by Gasteiger charge is 2.60. The molecule has 0 saturated carbocycles. The Labute approximate surface area is 158 Å². The minimum atomic E-state index is -4.60. The molecular formula is C19H15Cl2F3O2. The summed E-state index contributed by atoms with van der Waals surface area (Å²) in [6, 6.07) is 11.5. The van der Waals surface area contributed by atoms with Gasteiger partial charge >= 0.3 is 6.18 Å². The third-order valence-electron chi connectivity index (χ3n) is 4.57. The number of halogens is 5. The van der Waals surface area contributed by atoms with Crippen LogP contribution in [0.5, 0.6) is 0 Å². The zero-order chi connectivity index (χ0) is 18.9. The van der Waals surface area contributed by atoms with Gasteiger partial charge in [0, 0.05) is 22.2 Å². The van der Waals surface area contributed by atoms with Crippen molar-refractivity contribution < 1.29 is 22.7 Å². The van der Waals surface area contributed by atoms with Crippen LogP contribution >= 0.6 is 23.2 Å². The molecule has 1 fully saturated rings. The molecular weight excluding hydrogens is 388 g/mol. The number of rotatable bonds is 3. The second-order valence-corrected chi connectivity index (χ2v) is 7.04. The molecule has 1 saturated heterocycles. The second kappa shape index (κ2) is 7.22. The average molecular weight is 403 g/mol. The van der Waals surface area contributed by atoms with E-state index in [9.17, 15) is 18.0 Å². The molecule has 2 atom stereocenters. The van der Waals surface area contributed by atoms with Gasteiger partial charge in [-0.1, -0.05) is 35.3 Å². The Kier molecular flexibility index (Phi) is 5.33. The molecule has 2 nitrogen and oxygen atoms in total. The van der Waals surface area contributed by atoms with Gasteiger partial charge in [-0.3, -0.25) is 4.79 Å². The summed E-state index contributed by atoms with van der Waals surface area (Å²) in [6.07, 6.45) is -4.55. The molecule has 0 amide bonds. The van der Waals surface area contributed by atoms with Gasteiger partial charge in [-0.15, -0.1) is 0 Å². The van der Waals surface area contributed by atoms with Crippen molar-refractivity contribution in [2.45, 2.75) is 24.6 Å². The Morgan fingerprint density at radius 3 is 2.08 bits per heavy atom. The average Bonchev–Trinajstić information content (AvgIpc) is 2.61. The van der Waals surface area contributed by atoms with E-state index in [0.29, 0.717) is 10.0 Å². The van der Waals surface area contributed by atoms with E-state index in [-0.39, 0.29) is 30.6 Å². The van der Waals surface area contributed by atoms with Gasteiger partial charge in [0.2, 0.25) is 0 Å². The number of hydrogen-bond acceptors (Lipinski definition) is 2. The molecule has 0 N–H and O–H groups in total. The summed E-state index contributed by atoms with van der Waals surface area (Å²) in [5.74, 6) is -2.69. The van der Waals surface area contributed by atoms with E-state index >= 15 is 0 Å². The molecule has 1 aliphatic heterocycles. The van der Waals surface area contributed by atoms with Crippen molar-refractivity contribution in [1.29, 1.82) is 0 Å². The number of Topliss-reactive ketones (excluding diaryl/α,β-unsaturated/α-hetero) is 1. The molecule has 138 valence electrons. The lowest BCUT2D eigenvalue weighted by Gasteiger charge is -2.43. The minimum Gasteiger partial charge on any atom is -0.361 e. The van der Waals surface area contributed by atoms with Gasteiger partial charge in [0.25, 0.3) is 0 Å². The lowest BCUT2D eigenvalue weighted by atomic mass is 9.72. The van der Waals surface area contributed by atoms with Crippen molar-refractivity contribution in [2.24, 2.45) is 5.92 Å². The Balaban J connectivity index is 2.19. The second-order valence-electron chi connectivity index (χ2n) is 6.16. The molecule has 0 aliphatic carbocycles. The summed E-state index contributed by atoms with van der Waals surface area (Å²) in [5.41, 5.74) is -1.89. The zero-order valence-corrected chi connectivity index (χ0v) is 15.0. The maximum Gasteiger partial charge on any atom is 0.395 e. The van der Waals surface area contributed by atoms with E-state index in [4.69, 9.17) is 27.9 Å². The third kappa shape index (κ3) is 3.48. The van der Waals surface area contributed by atoms with Gasteiger partial charge in [-0.05, 0) is 54.8 Å². The fourth-order valence-corrected chi connectivity index (χ4v) is 3.62. The predicted molar refractivity (Wildman–Crippen MR) is 93.6 cm³/mol. The topological polar surface area (TPSA) is 26.3 Å². The van der Waals surface area contributed by atoms with E-state index < -0.39 is 23.5 Å². The first-order chi connectivity index (χ1) is 12.2. The molecule has 3 rings (SSSR count). The van der Waals surface area contributed by atoms with Crippen LogP contribution in [0.25, 0.3) is 0 Å². The number of ether oxygens (including phenoxy) is 1. The Hall–Kier alpha value is -1.56. The van der Waals surface area contributed by atoms with Crippen LogP contribution in [0.15, 0.2) is 48.5 Å². The van der Waals surface area contributed by atoms with Gasteiger partial charge in [0.1, 0.15) is 0 Å². The van der Waals surface area contributed by atoms with E-state index in [2.05, 4.69) is 0 Å². The largest absolute Gasteiger partial charge is 0.395 e. The van der Waals surface area contributed by atoms with Crippen LogP contribution in [-0.2, 0) is 10.3 Å². The van der Waals surface area contributed by atoms with Crippen molar-refractivity contribution in [1.82, 2.24) is 0 Å². The molecule has 2 aromatic rings. The quantitative estimate of drug-likeness (QED) is 0.583. The van der Waals surface area contributed by atoms with E-state index in [0.717, 1.165) is 0 Å². The van der Waals surface area contributed by atoms with Crippen LogP contribution in [0, 0.1) is 5.92 Å². The molecule has 0 aromatic heterocycles. The molecule has 0 radical (unpaired) electrons. The lowest BCUT2D eigenvalue weighted by Crippen LogP contribution is -2.53. The summed E-state index contributed by atoms with van der Waals surface area (Å²) in [4.78, 5) is 13.3. The number of carbonyl (C=O) groups excluding carboxylic acids is 1. The van der Waals surface area contributed by atoms with Gasteiger partial charge in [-0.25, -0.2) is 0 Å². The van der Waals surface area contributed by atoms with Gasteiger partial charge < -0.3 is 4.74 Å². The molecule has 0 spiro atoms. The Morgan fingerprint density at radius 2 is 1.54 bits per heavy atom. The SMILES string of the molecule is O=C(c1ccc(Cl)cc1)[C@]1(c2ccc(Cl)cc2)OCCC[C@@H]1C(F)(F)F. The number of carbonyl (C=O) groups is 1. The van der Waals surface area contributed by atoms with Crippen molar-refractivity contribution in [2.75, 3.05) is 6.61 Å². The van der Waals surface area contributed by atoms with E-state index in [1.165, 1.54) is 48.5 Å². The molecule has 0 bridgehead atoms. The monoisotopic (exact) mass is 402 g/mol. The van der Waals surface area contributed by atoms with Gasteiger partial charge in [0.05, 0.1) is 5.92 Å². The van der Waals surface area contributed by atoms with Crippen LogP contribution < -0.4 is 0 Å². The van der Waals surface area contributed by atoms with E-state index in [1.54, 1.807) is 0 Å². The third-order valence-corrected chi connectivity index (χ3v) is 5.07. The maximum absolute atomic E-state index is 13.9. The van der Waals surface area contributed by atoms with Crippen LogP contribution in [0.1, 0.15) is 28.8 Å². The highest BCUT2D eigenvalue weighted by Crippen LogP contribution is 2.50. The number of hydrogen-bond donors (Lipinski definition) is 0. The fourth-order valence-electron chi connectivity index (χ4n) is 3.37. The Morgan fingerprint density at radius 1 is 1.00 bits per heavy atom. The summed E-state index contributed by atoms with van der Waals surface area (Å²) in [7, 11) is 0. The van der Waals surface area contributed by atoms with Crippen LogP contribution in [0.2, 0.25) is 10.0 Å². The predicted octanol–water partition coefficient (Wildman–Crippen LogP) is 6.06. The number of alkyl halides is 3. The van der Waals surface area contributed by atoms with Crippen molar-refractivity contribution in [3.63, 3.8) is 0 Å². The standard InChI is InChI=1S/C19H15Cl2F3O2/c20-14-7-3-12(4-8-14)17(25)18(13-5-9-15(21)10-6-13)16(19(22,23)24)2-1-11-26-18/h3-10,16H,1-2,11H2/t16-,18+/m0/s1. The molecule has 7 heteroatoms. The highest BCUT2D eigenvalue weighted by molar-refractivity contribution is 6.31. The normalized spacial score (nSPS) is 23.7. The van der Waals surface area contributed by atoms with Crippen LogP contribution in [-0.4, -0.2) is 18.6 Å². The zero-order valence-electron chi connectivity index (χ0n) is 13.5. The number of ketones is 1. The fraction of sp³-hybridized carbons (Fsp3) is 0.316. The molecule has 2 aromatic carbocycles. The van der Waals surface area contributed by atoms with E-state index in [1.807, 2.05) is 0 Å². The van der Waals surface area contributed by atoms with Crippen LogP contribution in [0.4, 0.5) is 13.2 Å². The smallest absolute Gasteiger partial charge is 0.361 e. The first-order valence-corrected chi connectivity index (χ1v) is 8.78. The molecule has 1 heterocycles. The van der Waals surface area contributed by atoms with Crippen molar-refractivity contribution in [3.8, 4) is 0 Å². The molecule has 1 aliphatic rings. The summed E-state index contributed by atoms with van der Waals surface area (Å²) >= 11 is 11.7. The van der Waals surface area contributed by atoms with Gasteiger partial charge in [0.15, 0.2) is 11.4 Å². The maximum atomic E-state index is 13.9. The number of benzene rings is 2. The summed E-state index contributed by atoms with van der Waals surface area (Å²) in [6.45, 7) is 0.0640. The Bertz CT molecular complexity index is 788.